The van der Waals surface area contributed by atoms with E-state index in [0.29, 0.717) is 0 Å². The molecule has 2 amide bonds. The van der Waals surface area contributed by atoms with Crippen molar-refractivity contribution in [2.24, 2.45) is 11.7 Å². The number of carbonyl (C=O) groups excluding carboxylic acids is 3. The van der Waals surface area contributed by atoms with Gasteiger partial charge in [0, 0.05) is 0 Å². The van der Waals surface area contributed by atoms with Gasteiger partial charge in [0.25, 0.3) is 0 Å². The van der Waals surface area contributed by atoms with Gasteiger partial charge in [0.15, 0.2) is 0 Å². The highest BCUT2D eigenvalue weighted by Crippen LogP contribution is 2.32. The molecule has 0 aliphatic carbocycles. The Balaban J connectivity index is 2.35. The molecule has 0 aliphatic heterocycles. The fourth-order valence-corrected chi connectivity index (χ4v) is 3.35. The lowest BCUT2D eigenvalue weighted by Crippen LogP contribution is -2.54. The lowest BCUT2D eigenvalue weighted by Gasteiger charge is -2.32. The first-order valence-corrected chi connectivity index (χ1v) is 9.67. The van der Waals surface area contributed by atoms with Gasteiger partial charge in [0.1, 0.15) is 6.04 Å². The van der Waals surface area contributed by atoms with E-state index in [1.807, 2.05) is 60.7 Å². The molecule has 0 fully saturated rings. The van der Waals surface area contributed by atoms with E-state index in [2.05, 4.69) is 5.32 Å². The molecule has 0 aliphatic rings. The molecule has 3 N–H and O–H groups in total. The van der Waals surface area contributed by atoms with E-state index in [1.165, 1.54) is 0 Å². The molecule has 0 bridgehead atoms. The molecule has 0 saturated heterocycles. The molecule has 0 aromatic heterocycles. The number of amides is 2. The van der Waals surface area contributed by atoms with Crippen molar-refractivity contribution in [2.45, 2.75) is 38.6 Å². The summed E-state index contributed by atoms with van der Waals surface area (Å²) in [5.74, 6) is -2.01. The summed E-state index contributed by atoms with van der Waals surface area (Å²) >= 11 is 0. The molecule has 0 radical (unpaired) electrons. The zero-order valence-corrected chi connectivity index (χ0v) is 17.1. The van der Waals surface area contributed by atoms with Crippen LogP contribution in [-0.4, -0.2) is 30.4 Å². The molecule has 29 heavy (non-hydrogen) atoms. The quantitative estimate of drug-likeness (QED) is 0.637. The fourth-order valence-electron chi connectivity index (χ4n) is 3.35. The average molecular weight is 396 g/mol. The molecular weight excluding hydrogens is 368 g/mol. The number of hydrogen-bond donors (Lipinski definition) is 2. The summed E-state index contributed by atoms with van der Waals surface area (Å²) < 4.78 is 4.95. The van der Waals surface area contributed by atoms with E-state index in [0.717, 1.165) is 11.1 Å². The Labute approximate surface area is 171 Å². The summed E-state index contributed by atoms with van der Waals surface area (Å²) in [7, 11) is 0. The van der Waals surface area contributed by atoms with Gasteiger partial charge >= 0.3 is 5.97 Å². The van der Waals surface area contributed by atoms with Crippen molar-refractivity contribution < 1.29 is 19.1 Å². The molecule has 0 unspecified atom stereocenters. The van der Waals surface area contributed by atoms with Gasteiger partial charge in [0.05, 0.1) is 18.4 Å². The van der Waals surface area contributed by atoms with Crippen LogP contribution in [0.2, 0.25) is 0 Å². The number of hydrogen-bond acceptors (Lipinski definition) is 4. The van der Waals surface area contributed by atoms with Crippen molar-refractivity contribution >= 4 is 17.8 Å². The Bertz CT molecular complexity index is 797. The third-order valence-electron chi connectivity index (χ3n) is 5.11. The van der Waals surface area contributed by atoms with Crippen LogP contribution in [-0.2, 0) is 24.5 Å². The maximum absolute atomic E-state index is 13.5. The molecule has 0 spiro atoms. The summed E-state index contributed by atoms with van der Waals surface area (Å²) in [6.45, 7) is 5.45. The highest BCUT2D eigenvalue weighted by atomic mass is 16.5. The fraction of sp³-hybridized carbons (Fsp3) is 0.348. The van der Waals surface area contributed by atoms with Crippen LogP contribution in [0.4, 0.5) is 0 Å². The van der Waals surface area contributed by atoms with Crippen LogP contribution in [0.3, 0.4) is 0 Å². The Kier molecular flexibility index (Phi) is 7.53. The van der Waals surface area contributed by atoms with Gasteiger partial charge in [-0.2, -0.15) is 0 Å². The van der Waals surface area contributed by atoms with Crippen molar-refractivity contribution in [3.8, 4) is 0 Å². The number of rotatable bonds is 9. The Hall–Kier alpha value is -3.15. The van der Waals surface area contributed by atoms with Crippen molar-refractivity contribution in [1.82, 2.24) is 5.32 Å². The molecule has 6 heteroatoms. The first-order valence-electron chi connectivity index (χ1n) is 9.67. The number of carbonyl (C=O) groups is 3. The van der Waals surface area contributed by atoms with Gasteiger partial charge in [-0.1, -0.05) is 67.6 Å². The largest absolute Gasteiger partial charge is 0.466 e. The van der Waals surface area contributed by atoms with E-state index in [-0.39, 0.29) is 18.9 Å². The van der Waals surface area contributed by atoms with Gasteiger partial charge in [-0.25, -0.2) is 0 Å². The SMILES string of the molecule is CCOC(=O)C[C@H](C)[C@@H](NC(=O)C(C)(c1ccccc1)c1ccccc1)C(N)=O. The van der Waals surface area contributed by atoms with Crippen LogP contribution in [0.1, 0.15) is 38.3 Å². The van der Waals surface area contributed by atoms with E-state index in [4.69, 9.17) is 10.5 Å². The van der Waals surface area contributed by atoms with E-state index < -0.39 is 29.3 Å². The molecule has 2 rings (SSSR count). The smallest absolute Gasteiger partial charge is 0.306 e. The monoisotopic (exact) mass is 396 g/mol. The van der Waals surface area contributed by atoms with Gasteiger partial charge in [0.2, 0.25) is 11.8 Å². The number of nitrogens with two attached hydrogens (primary N) is 1. The van der Waals surface area contributed by atoms with Crippen LogP contribution >= 0.6 is 0 Å². The third kappa shape index (κ3) is 5.22. The minimum Gasteiger partial charge on any atom is -0.466 e. The van der Waals surface area contributed by atoms with Gasteiger partial charge in [-0.3, -0.25) is 14.4 Å². The normalized spacial score (nSPS) is 13.2. The highest BCUT2D eigenvalue weighted by molar-refractivity contribution is 5.95. The highest BCUT2D eigenvalue weighted by Gasteiger charge is 2.39. The van der Waals surface area contributed by atoms with Crippen molar-refractivity contribution in [3.63, 3.8) is 0 Å². The van der Waals surface area contributed by atoms with E-state index in [1.54, 1.807) is 20.8 Å². The van der Waals surface area contributed by atoms with E-state index >= 15 is 0 Å². The molecule has 0 saturated carbocycles. The number of ether oxygens (including phenoxy) is 1. The third-order valence-corrected chi connectivity index (χ3v) is 5.11. The Morgan fingerprint density at radius 1 is 1.00 bits per heavy atom. The minimum atomic E-state index is -1.04. The number of benzene rings is 2. The minimum absolute atomic E-state index is 0.0187. The lowest BCUT2D eigenvalue weighted by molar-refractivity contribution is -0.145. The zero-order chi connectivity index (χ0) is 21.4. The lowest BCUT2D eigenvalue weighted by atomic mass is 9.75. The topological polar surface area (TPSA) is 98.5 Å². The summed E-state index contributed by atoms with van der Waals surface area (Å²) in [5.41, 5.74) is 6.07. The number of esters is 1. The summed E-state index contributed by atoms with van der Waals surface area (Å²) in [5, 5.41) is 2.78. The van der Waals surface area contributed by atoms with Crippen molar-refractivity contribution in [3.05, 3.63) is 71.8 Å². The summed E-state index contributed by atoms with van der Waals surface area (Å²) in [4.78, 5) is 37.4. The maximum Gasteiger partial charge on any atom is 0.306 e. The van der Waals surface area contributed by atoms with Gasteiger partial charge in [-0.05, 0) is 30.9 Å². The average Bonchev–Trinajstić information content (AvgIpc) is 2.72. The van der Waals surface area contributed by atoms with Crippen molar-refractivity contribution in [1.29, 1.82) is 0 Å². The molecule has 0 heterocycles. The van der Waals surface area contributed by atoms with Crippen molar-refractivity contribution in [2.75, 3.05) is 6.61 Å². The van der Waals surface area contributed by atoms with Crippen LogP contribution in [0.25, 0.3) is 0 Å². The molecule has 154 valence electrons. The second-order valence-electron chi connectivity index (χ2n) is 7.20. The standard InChI is InChI=1S/C23H28N2O4/c1-4-29-19(26)15-16(2)20(21(24)27)25-22(28)23(3,17-11-7-5-8-12-17)18-13-9-6-10-14-18/h5-14,16,20H,4,15H2,1-3H3,(H2,24,27)(H,25,28)/t16-,20+/m0/s1. The van der Waals surface area contributed by atoms with E-state index in [9.17, 15) is 14.4 Å². The second-order valence-corrected chi connectivity index (χ2v) is 7.20. The van der Waals surface area contributed by atoms with Crippen LogP contribution < -0.4 is 11.1 Å². The maximum atomic E-state index is 13.5. The Morgan fingerprint density at radius 3 is 1.90 bits per heavy atom. The second kappa shape index (κ2) is 9.87. The number of primary amides is 1. The molecule has 2 aromatic carbocycles. The summed E-state index contributed by atoms with van der Waals surface area (Å²) in [6, 6.07) is 17.7. The molecule has 2 atom stereocenters. The molecule has 2 aromatic rings. The van der Waals surface area contributed by atoms with Crippen LogP contribution in [0, 0.1) is 5.92 Å². The van der Waals surface area contributed by atoms with Gasteiger partial charge in [-0.15, -0.1) is 0 Å². The predicted octanol–water partition coefficient (Wildman–Crippen LogP) is 2.55. The predicted molar refractivity (Wildman–Crippen MR) is 111 cm³/mol. The first-order chi connectivity index (χ1) is 13.8. The first kappa shape index (κ1) is 22.1. The van der Waals surface area contributed by atoms with Gasteiger partial charge < -0.3 is 15.8 Å². The molecular formula is C23H28N2O4. The van der Waals surface area contributed by atoms with Crippen LogP contribution in [0.15, 0.2) is 60.7 Å². The zero-order valence-electron chi connectivity index (χ0n) is 17.1. The summed E-state index contributed by atoms with van der Waals surface area (Å²) in [6.07, 6.45) is -0.0187. The van der Waals surface area contributed by atoms with Crippen LogP contribution in [0.5, 0.6) is 0 Å². The number of nitrogens with one attached hydrogen (secondary N) is 1. The Morgan fingerprint density at radius 2 is 1.48 bits per heavy atom. The molecule has 6 nitrogen and oxygen atoms in total.